The van der Waals surface area contributed by atoms with Crippen LogP contribution in [0, 0.1) is 0 Å². The Balaban J connectivity index is 1.52. The average molecular weight is 446 g/mol. The van der Waals surface area contributed by atoms with E-state index in [1.54, 1.807) is 30.3 Å². The molecule has 0 saturated carbocycles. The van der Waals surface area contributed by atoms with Crippen LogP contribution in [0.15, 0.2) is 52.3 Å². The quantitative estimate of drug-likeness (QED) is 0.750. The number of hydrogen-bond donors (Lipinski definition) is 2. The third kappa shape index (κ3) is 4.23. The van der Waals surface area contributed by atoms with Gasteiger partial charge < -0.3 is 10.6 Å². The second-order valence-electron chi connectivity index (χ2n) is 7.41. The molecule has 2 aromatic rings. The molecule has 9 heteroatoms. The van der Waals surface area contributed by atoms with E-state index in [9.17, 15) is 18.0 Å². The molecule has 4 rings (SSSR count). The van der Waals surface area contributed by atoms with Crippen LogP contribution in [-0.2, 0) is 14.8 Å². The van der Waals surface area contributed by atoms with E-state index in [1.165, 1.54) is 22.1 Å². The standard InChI is InChI=1S/C21H23N3O4S2/c1-14-20(25)23-18-12-15(8-9-19(18)29-14)21(26)22-16-6-5-7-17(13-16)30(27,28)24-10-3-2-4-11-24/h5-9,12-14H,2-4,10-11H2,1H3,(H,22,26)(H,23,25)/t14-/m0/s1. The molecule has 0 unspecified atom stereocenters. The van der Waals surface area contributed by atoms with Gasteiger partial charge in [0.2, 0.25) is 15.9 Å². The van der Waals surface area contributed by atoms with Crippen molar-refractivity contribution in [1.82, 2.24) is 4.31 Å². The maximum Gasteiger partial charge on any atom is 0.255 e. The van der Waals surface area contributed by atoms with Crippen molar-refractivity contribution in [2.24, 2.45) is 0 Å². The molecule has 0 bridgehead atoms. The fourth-order valence-corrected chi connectivity index (χ4v) is 6.04. The van der Waals surface area contributed by atoms with E-state index >= 15 is 0 Å². The van der Waals surface area contributed by atoms with Gasteiger partial charge in [0.05, 0.1) is 15.8 Å². The van der Waals surface area contributed by atoms with E-state index < -0.39 is 10.0 Å². The number of benzene rings is 2. The molecule has 30 heavy (non-hydrogen) atoms. The van der Waals surface area contributed by atoms with E-state index in [0.29, 0.717) is 30.0 Å². The largest absolute Gasteiger partial charge is 0.324 e. The number of sulfonamides is 1. The van der Waals surface area contributed by atoms with Crippen LogP contribution in [-0.4, -0.2) is 42.9 Å². The van der Waals surface area contributed by atoms with E-state index in [1.807, 2.05) is 13.0 Å². The zero-order chi connectivity index (χ0) is 21.3. The number of fused-ring (bicyclic) bond motifs is 1. The molecule has 0 spiro atoms. The number of hydrogen-bond acceptors (Lipinski definition) is 5. The van der Waals surface area contributed by atoms with Crippen molar-refractivity contribution in [3.05, 3.63) is 48.0 Å². The number of carbonyl (C=O) groups is 2. The molecule has 1 fully saturated rings. The van der Waals surface area contributed by atoms with Crippen molar-refractivity contribution >= 4 is 45.0 Å². The van der Waals surface area contributed by atoms with Crippen LogP contribution in [0.2, 0.25) is 0 Å². The molecule has 0 aliphatic carbocycles. The van der Waals surface area contributed by atoms with Gasteiger partial charge in [0.1, 0.15) is 0 Å². The number of piperidine rings is 1. The Morgan fingerprint density at radius 3 is 2.67 bits per heavy atom. The van der Waals surface area contributed by atoms with E-state index in [4.69, 9.17) is 0 Å². The van der Waals surface area contributed by atoms with Crippen molar-refractivity contribution in [1.29, 1.82) is 0 Å². The van der Waals surface area contributed by atoms with Crippen molar-refractivity contribution in [3.63, 3.8) is 0 Å². The van der Waals surface area contributed by atoms with Crippen LogP contribution in [0.1, 0.15) is 36.5 Å². The monoisotopic (exact) mass is 445 g/mol. The van der Waals surface area contributed by atoms with Gasteiger partial charge in [-0.1, -0.05) is 12.5 Å². The Morgan fingerprint density at radius 2 is 1.90 bits per heavy atom. The fraction of sp³-hybridized carbons (Fsp3) is 0.333. The SMILES string of the molecule is C[C@@H]1Sc2ccc(C(=O)Nc3cccc(S(=O)(=O)N4CCCCC4)c3)cc2NC1=O. The Hall–Kier alpha value is -2.36. The summed E-state index contributed by atoms with van der Waals surface area (Å²) in [5, 5.41) is 5.39. The zero-order valence-electron chi connectivity index (χ0n) is 16.6. The van der Waals surface area contributed by atoms with Gasteiger partial charge in [-0.2, -0.15) is 4.31 Å². The highest BCUT2D eigenvalue weighted by atomic mass is 32.2. The molecule has 0 radical (unpaired) electrons. The maximum atomic E-state index is 12.9. The molecular formula is C21H23N3O4S2. The summed E-state index contributed by atoms with van der Waals surface area (Å²) in [6.07, 6.45) is 2.77. The first-order valence-electron chi connectivity index (χ1n) is 9.88. The normalized spacial score (nSPS) is 19.6. The third-order valence-electron chi connectivity index (χ3n) is 5.22. The Bertz CT molecular complexity index is 1100. The molecule has 1 saturated heterocycles. The summed E-state index contributed by atoms with van der Waals surface area (Å²) < 4.78 is 27.3. The molecular weight excluding hydrogens is 422 g/mol. The summed E-state index contributed by atoms with van der Waals surface area (Å²) in [6.45, 7) is 2.88. The molecule has 2 N–H and O–H groups in total. The van der Waals surface area contributed by atoms with Gasteiger partial charge in [-0.25, -0.2) is 8.42 Å². The lowest BCUT2D eigenvalue weighted by atomic mass is 10.1. The molecule has 158 valence electrons. The number of anilines is 2. The smallest absolute Gasteiger partial charge is 0.255 e. The first-order valence-corrected chi connectivity index (χ1v) is 12.2. The molecule has 2 aliphatic heterocycles. The Kier molecular flexibility index (Phi) is 5.86. The molecule has 0 aromatic heterocycles. The number of carbonyl (C=O) groups excluding carboxylic acids is 2. The van der Waals surface area contributed by atoms with Crippen LogP contribution >= 0.6 is 11.8 Å². The second-order valence-corrected chi connectivity index (χ2v) is 10.7. The van der Waals surface area contributed by atoms with Crippen molar-refractivity contribution in [2.75, 3.05) is 23.7 Å². The zero-order valence-corrected chi connectivity index (χ0v) is 18.2. The number of amides is 2. The van der Waals surface area contributed by atoms with Gasteiger partial charge in [-0.05, 0) is 56.2 Å². The minimum Gasteiger partial charge on any atom is -0.324 e. The highest BCUT2D eigenvalue weighted by Crippen LogP contribution is 2.36. The van der Waals surface area contributed by atoms with Crippen LogP contribution in [0.25, 0.3) is 0 Å². The molecule has 2 aliphatic rings. The molecule has 1 atom stereocenters. The third-order valence-corrected chi connectivity index (χ3v) is 8.29. The van der Waals surface area contributed by atoms with Gasteiger partial charge in [0.25, 0.3) is 5.91 Å². The minimum atomic E-state index is -3.58. The molecule has 2 aromatic carbocycles. The summed E-state index contributed by atoms with van der Waals surface area (Å²) in [6, 6.07) is 11.5. The summed E-state index contributed by atoms with van der Waals surface area (Å²) in [5.41, 5.74) is 1.40. The van der Waals surface area contributed by atoms with Gasteiger partial charge >= 0.3 is 0 Å². The maximum absolute atomic E-state index is 12.9. The fourth-order valence-electron chi connectivity index (χ4n) is 3.54. The molecule has 2 heterocycles. The van der Waals surface area contributed by atoms with Crippen LogP contribution in [0.5, 0.6) is 0 Å². The van der Waals surface area contributed by atoms with Gasteiger partial charge in [-0.3, -0.25) is 9.59 Å². The number of thioether (sulfide) groups is 1. The van der Waals surface area contributed by atoms with E-state index in [-0.39, 0.29) is 22.0 Å². The predicted octanol–water partition coefficient (Wildman–Crippen LogP) is 3.55. The first kappa shape index (κ1) is 20.9. The summed E-state index contributed by atoms with van der Waals surface area (Å²) >= 11 is 1.45. The molecule has 2 amide bonds. The summed E-state index contributed by atoms with van der Waals surface area (Å²) in [7, 11) is -3.58. The summed E-state index contributed by atoms with van der Waals surface area (Å²) in [5.74, 6) is -0.469. The Morgan fingerprint density at radius 1 is 1.13 bits per heavy atom. The van der Waals surface area contributed by atoms with Crippen LogP contribution < -0.4 is 10.6 Å². The lowest BCUT2D eigenvalue weighted by Gasteiger charge is -2.26. The van der Waals surface area contributed by atoms with Crippen LogP contribution in [0.4, 0.5) is 11.4 Å². The highest BCUT2D eigenvalue weighted by molar-refractivity contribution is 8.01. The van der Waals surface area contributed by atoms with Crippen LogP contribution in [0.3, 0.4) is 0 Å². The van der Waals surface area contributed by atoms with E-state index in [2.05, 4.69) is 10.6 Å². The Labute approximate surface area is 180 Å². The highest BCUT2D eigenvalue weighted by Gasteiger charge is 2.26. The number of nitrogens with zero attached hydrogens (tertiary/aromatic N) is 1. The molecule has 7 nitrogen and oxygen atoms in total. The lowest BCUT2D eigenvalue weighted by Crippen LogP contribution is -2.35. The minimum absolute atomic E-state index is 0.0966. The average Bonchev–Trinajstić information content (AvgIpc) is 2.75. The second kappa shape index (κ2) is 8.41. The van der Waals surface area contributed by atoms with Crippen molar-refractivity contribution in [3.8, 4) is 0 Å². The van der Waals surface area contributed by atoms with Gasteiger partial charge in [0.15, 0.2) is 0 Å². The lowest BCUT2D eigenvalue weighted by molar-refractivity contribution is -0.115. The topological polar surface area (TPSA) is 95.6 Å². The number of rotatable bonds is 4. The first-order chi connectivity index (χ1) is 14.3. The van der Waals surface area contributed by atoms with Crippen molar-refractivity contribution < 1.29 is 18.0 Å². The van der Waals surface area contributed by atoms with Crippen molar-refractivity contribution in [2.45, 2.75) is 41.2 Å². The summed E-state index contributed by atoms with van der Waals surface area (Å²) in [4.78, 5) is 25.7. The van der Waals surface area contributed by atoms with Gasteiger partial charge in [0, 0.05) is 29.2 Å². The van der Waals surface area contributed by atoms with Gasteiger partial charge in [-0.15, -0.1) is 11.8 Å². The van der Waals surface area contributed by atoms with E-state index in [0.717, 1.165) is 24.2 Å². The predicted molar refractivity (Wildman–Crippen MR) is 117 cm³/mol. The number of nitrogens with one attached hydrogen (secondary N) is 2.